The van der Waals surface area contributed by atoms with Crippen LogP contribution in [0.3, 0.4) is 0 Å². The highest BCUT2D eigenvalue weighted by Crippen LogP contribution is 2.36. The van der Waals surface area contributed by atoms with Crippen molar-refractivity contribution in [1.82, 2.24) is 0 Å². The van der Waals surface area contributed by atoms with Gasteiger partial charge < -0.3 is 9.47 Å². The van der Waals surface area contributed by atoms with Crippen molar-refractivity contribution in [1.29, 1.82) is 0 Å². The van der Waals surface area contributed by atoms with Gasteiger partial charge in [0.1, 0.15) is 0 Å². The van der Waals surface area contributed by atoms with Gasteiger partial charge in [-0.05, 0) is 43.2 Å². The van der Waals surface area contributed by atoms with Crippen molar-refractivity contribution in [2.45, 2.75) is 32.5 Å². The van der Waals surface area contributed by atoms with Crippen LogP contribution in [-0.2, 0) is 9.53 Å². The summed E-state index contributed by atoms with van der Waals surface area (Å²) in [5, 5.41) is 2.63. The molecule has 0 fully saturated rings. The first kappa shape index (κ1) is 20.9. The Kier molecular flexibility index (Phi) is 6.21. The van der Waals surface area contributed by atoms with Crippen molar-refractivity contribution >= 4 is 51.5 Å². The van der Waals surface area contributed by atoms with Crippen LogP contribution >= 0.6 is 34.8 Å². The van der Waals surface area contributed by atoms with E-state index >= 15 is 0 Å². The van der Waals surface area contributed by atoms with Crippen molar-refractivity contribution in [3.63, 3.8) is 0 Å². The van der Waals surface area contributed by atoms with Gasteiger partial charge in [0.15, 0.2) is 11.9 Å². The maximum Gasteiger partial charge on any atom is 0.345 e. The molecule has 3 aromatic rings. The second-order valence-corrected chi connectivity index (χ2v) is 8.52. The molecule has 0 aliphatic rings. The van der Waals surface area contributed by atoms with Crippen LogP contribution < -0.4 is 4.74 Å². The first-order valence-corrected chi connectivity index (χ1v) is 9.81. The summed E-state index contributed by atoms with van der Waals surface area (Å²) in [5.74, 6) is -0.463. The van der Waals surface area contributed by atoms with Gasteiger partial charge in [-0.25, -0.2) is 4.79 Å². The molecule has 3 nitrogen and oxygen atoms in total. The van der Waals surface area contributed by atoms with Crippen molar-refractivity contribution in [3.8, 4) is 5.75 Å². The standard InChI is InChI=1S/C22H19Cl3O3/c1-22(2,3)28-20(15-10-6-8-13-7-4-5-9-14(13)15)21(26)27-19-12-17(24)16(23)11-18(19)25/h4-12,20H,1-3H3. The van der Waals surface area contributed by atoms with E-state index in [4.69, 9.17) is 44.3 Å². The van der Waals surface area contributed by atoms with Crippen LogP contribution in [0.1, 0.15) is 32.4 Å². The average Bonchev–Trinajstić information content (AvgIpc) is 2.63. The molecule has 0 radical (unpaired) electrons. The van der Waals surface area contributed by atoms with Gasteiger partial charge in [0.25, 0.3) is 0 Å². The van der Waals surface area contributed by atoms with Crippen LogP contribution in [0.5, 0.6) is 5.75 Å². The van der Waals surface area contributed by atoms with Crippen LogP contribution in [0.15, 0.2) is 54.6 Å². The average molecular weight is 438 g/mol. The van der Waals surface area contributed by atoms with Gasteiger partial charge >= 0.3 is 5.97 Å². The fourth-order valence-electron chi connectivity index (χ4n) is 2.82. The second kappa shape index (κ2) is 8.30. The lowest BCUT2D eigenvalue weighted by molar-refractivity contribution is -0.157. The van der Waals surface area contributed by atoms with Crippen molar-refractivity contribution in [3.05, 3.63) is 75.2 Å². The Morgan fingerprint density at radius 3 is 2.25 bits per heavy atom. The molecular weight excluding hydrogens is 419 g/mol. The zero-order valence-electron chi connectivity index (χ0n) is 15.6. The Morgan fingerprint density at radius 2 is 1.54 bits per heavy atom. The molecule has 0 aliphatic heterocycles. The lowest BCUT2D eigenvalue weighted by atomic mass is 9.99. The van der Waals surface area contributed by atoms with Crippen LogP contribution in [0.4, 0.5) is 0 Å². The third-order valence-electron chi connectivity index (χ3n) is 3.98. The Bertz CT molecular complexity index is 1020. The van der Waals surface area contributed by atoms with Gasteiger partial charge in [0, 0.05) is 6.07 Å². The molecule has 0 aliphatic carbocycles. The molecule has 0 aromatic heterocycles. The molecule has 0 heterocycles. The Hall–Kier alpha value is -1.78. The molecule has 28 heavy (non-hydrogen) atoms. The molecule has 0 saturated heterocycles. The Morgan fingerprint density at radius 1 is 0.893 bits per heavy atom. The van der Waals surface area contributed by atoms with E-state index in [1.807, 2.05) is 63.2 Å². The molecule has 1 unspecified atom stereocenters. The maximum atomic E-state index is 13.1. The minimum atomic E-state index is -0.948. The fraction of sp³-hybridized carbons (Fsp3) is 0.227. The summed E-state index contributed by atoms with van der Waals surface area (Å²) in [7, 11) is 0. The van der Waals surface area contributed by atoms with E-state index in [1.165, 1.54) is 12.1 Å². The largest absolute Gasteiger partial charge is 0.423 e. The van der Waals surface area contributed by atoms with Gasteiger partial charge in [-0.1, -0.05) is 77.3 Å². The smallest absolute Gasteiger partial charge is 0.345 e. The summed E-state index contributed by atoms with van der Waals surface area (Å²) >= 11 is 18.2. The van der Waals surface area contributed by atoms with Crippen molar-refractivity contribution in [2.75, 3.05) is 0 Å². The third kappa shape index (κ3) is 4.79. The van der Waals surface area contributed by atoms with Crippen molar-refractivity contribution < 1.29 is 14.3 Å². The molecule has 6 heteroatoms. The summed E-state index contributed by atoms with van der Waals surface area (Å²) in [5.41, 5.74) is 0.136. The predicted octanol–water partition coefficient (Wildman–Crippen LogP) is 7.26. The predicted molar refractivity (Wildman–Crippen MR) is 115 cm³/mol. The van der Waals surface area contributed by atoms with E-state index in [0.29, 0.717) is 5.56 Å². The van der Waals surface area contributed by atoms with Gasteiger partial charge in [0.05, 0.1) is 20.7 Å². The van der Waals surface area contributed by atoms with Crippen LogP contribution in [0, 0.1) is 0 Å². The van der Waals surface area contributed by atoms with E-state index in [0.717, 1.165) is 10.8 Å². The normalized spacial score (nSPS) is 12.8. The Balaban J connectivity index is 2.03. The summed E-state index contributed by atoms with van der Waals surface area (Å²) < 4.78 is 11.6. The number of rotatable bonds is 4. The maximum absolute atomic E-state index is 13.1. The SMILES string of the molecule is CC(C)(C)OC(C(=O)Oc1cc(Cl)c(Cl)cc1Cl)c1cccc2ccccc12. The molecule has 0 spiro atoms. The molecular formula is C22H19Cl3O3. The van der Waals surface area contributed by atoms with Gasteiger partial charge in [-0.2, -0.15) is 0 Å². The zero-order chi connectivity index (χ0) is 20.5. The first-order chi connectivity index (χ1) is 13.2. The number of hydrogen-bond acceptors (Lipinski definition) is 3. The molecule has 3 rings (SSSR count). The molecule has 146 valence electrons. The van der Waals surface area contributed by atoms with Crippen LogP contribution in [0.25, 0.3) is 10.8 Å². The number of esters is 1. The number of halogens is 3. The number of fused-ring (bicyclic) bond motifs is 1. The number of carbonyl (C=O) groups is 1. The summed E-state index contributed by atoms with van der Waals surface area (Å²) in [6.07, 6.45) is -0.948. The summed E-state index contributed by atoms with van der Waals surface area (Å²) in [4.78, 5) is 13.1. The minimum absolute atomic E-state index is 0.129. The number of carbonyl (C=O) groups excluding carboxylic acids is 1. The number of ether oxygens (including phenoxy) is 2. The lowest BCUT2D eigenvalue weighted by Crippen LogP contribution is -2.30. The van der Waals surface area contributed by atoms with E-state index < -0.39 is 17.7 Å². The first-order valence-electron chi connectivity index (χ1n) is 8.67. The molecule has 0 N–H and O–H groups in total. The molecule has 3 aromatic carbocycles. The fourth-order valence-corrected chi connectivity index (χ4v) is 3.39. The quantitative estimate of drug-likeness (QED) is 0.245. The topological polar surface area (TPSA) is 35.5 Å². The lowest BCUT2D eigenvalue weighted by Gasteiger charge is -2.27. The minimum Gasteiger partial charge on any atom is -0.423 e. The number of hydrogen-bond donors (Lipinski definition) is 0. The molecule has 0 saturated carbocycles. The van der Waals surface area contributed by atoms with E-state index in [2.05, 4.69) is 0 Å². The van der Waals surface area contributed by atoms with E-state index in [9.17, 15) is 4.79 Å². The van der Waals surface area contributed by atoms with E-state index in [-0.39, 0.29) is 20.8 Å². The summed E-state index contributed by atoms with van der Waals surface area (Å²) in [6.45, 7) is 5.64. The highest BCUT2D eigenvalue weighted by molar-refractivity contribution is 6.43. The van der Waals surface area contributed by atoms with Gasteiger partial charge in [-0.15, -0.1) is 0 Å². The van der Waals surface area contributed by atoms with E-state index in [1.54, 1.807) is 0 Å². The second-order valence-electron chi connectivity index (χ2n) is 7.30. The number of benzene rings is 3. The molecule has 1 atom stereocenters. The summed E-state index contributed by atoms with van der Waals surface area (Å²) in [6, 6.07) is 16.4. The zero-order valence-corrected chi connectivity index (χ0v) is 17.9. The highest BCUT2D eigenvalue weighted by atomic mass is 35.5. The van der Waals surface area contributed by atoms with Gasteiger partial charge in [0.2, 0.25) is 0 Å². The van der Waals surface area contributed by atoms with Crippen LogP contribution in [0.2, 0.25) is 15.1 Å². The molecule has 0 amide bonds. The molecule has 0 bridgehead atoms. The monoisotopic (exact) mass is 436 g/mol. The van der Waals surface area contributed by atoms with Gasteiger partial charge in [-0.3, -0.25) is 0 Å². The highest BCUT2D eigenvalue weighted by Gasteiger charge is 2.30. The Labute approximate surface area is 179 Å². The third-order valence-corrected chi connectivity index (χ3v) is 4.99. The van der Waals surface area contributed by atoms with Crippen LogP contribution in [-0.4, -0.2) is 11.6 Å². The van der Waals surface area contributed by atoms with Crippen molar-refractivity contribution in [2.24, 2.45) is 0 Å².